The van der Waals surface area contributed by atoms with Crippen molar-refractivity contribution in [2.75, 3.05) is 12.3 Å². The number of thioether (sulfide) groups is 1. The van der Waals surface area contributed by atoms with Crippen molar-refractivity contribution in [3.05, 3.63) is 0 Å². The number of nitrogens with one attached hydrogen (secondary N) is 1. The number of rotatable bonds is 3. The van der Waals surface area contributed by atoms with E-state index in [-0.39, 0.29) is 22.7 Å². The topological polar surface area (TPSA) is 49.4 Å². The largest absolute Gasteiger partial charge is 0.354 e. The van der Waals surface area contributed by atoms with Gasteiger partial charge < -0.3 is 10.2 Å². The fraction of sp³-hybridized carbons (Fsp3) is 0.833. The molecule has 5 heteroatoms. The van der Waals surface area contributed by atoms with Gasteiger partial charge in [-0.25, -0.2) is 0 Å². The first-order valence-electron chi connectivity index (χ1n) is 6.18. The van der Waals surface area contributed by atoms with Gasteiger partial charge in [0.15, 0.2) is 0 Å². The summed E-state index contributed by atoms with van der Waals surface area (Å²) in [6.07, 6.45) is 1.45. The van der Waals surface area contributed by atoms with E-state index in [0.29, 0.717) is 18.9 Å². The fourth-order valence-corrected chi connectivity index (χ4v) is 3.87. The van der Waals surface area contributed by atoms with Gasteiger partial charge in [0.05, 0.1) is 4.87 Å². The lowest BCUT2D eigenvalue weighted by Crippen LogP contribution is -2.50. The molecule has 2 saturated heterocycles. The van der Waals surface area contributed by atoms with Crippen LogP contribution in [-0.4, -0.2) is 39.9 Å². The second kappa shape index (κ2) is 4.52. The second-order valence-electron chi connectivity index (χ2n) is 5.40. The molecule has 4 nitrogen and oxygen atoms in total. The van der Waals surface area contributed by atoms with Crippen LogP contribution in [0.5, 0.6) is 0 Å². The predicted molar refractivity (Wildman–Crippen MR) is 68.6 cm³/mol. The average Bonchev–Trinajstić information content (AvgIpc) is 2.73. The highest BCUT2D eigenvalue weighted by Crippen LogP contribution is 2.47. The molecule has 0 aromatic heterocycles. The van der Waals surface area contributed by atoms with Gasteiger partial charge in [0.2, 0.25) is 11.8 Å². The maximum atomic E-state index is 12.1. The van der Waals surface area contributed by atoms with Crippen LogP contribution in [-0.2, 0) is 9.59 Å². The Kier molecular flexibility index (Phi) is 3.39. The molecule has 2 amide bonds. The minimum atomic E-state index is -0.265. The van der Waals surface area contributed by atoms with Gasteiger partial charge in [-0.3, -0.25) is 9.59 Å². The van der Waals surface area contributed by atoms with Crippen LogP contribution >= 0.6 is 11.8 Å². The van der Waals surface area contributed by atoms with Crippen molar-refractivity contribution in [2.24, 2.45) is 5.92 Å². The molecular weight excluding hydrogens is 236 g/mol. The molecule has 2 fully saturated rings. The molecule has 0 saturated carbocycles. The average molecular weight is 256 g/mol. The Balaban J connectivity index is 2.03. The smallest absolute Gasteiger partial charge is 0.243 e. The molecule has 0 spiro atoms. The Morgan fingerprint density at radius 2 is 2.35 bits per heavy atom. The first-order chi connectivity index (χ1) is 7.94. The predicted octanol–water partition coefficient (Wildman–Crippen LogP) is 1.21. The summed E-state index contributed by atoms with van der Waals surface area (Å²) in [6.45, 7) is 6.88. The second-order valence-corrected chi connectivity index (χ2v) is 6.91. The molecule has 2 aliphatic heterocycles. The summed E-state index contributed by atoms with van der Waals surface area (Å²) in [5.41, 5.74) is 0. The molecule has 0 radical (unpaired) electrons. The molecule has 1 N–H and O–H groups in total. The molecular formula is C12H20N2O2S. The first kappa shape index (κ1) is 12.7. The summed E-state index contributed by atoms with van der Waals surface area (Å²) in [7, 11) is 0. The molecule has 96 valence electrons. The van der Waals surface area contributed by atoms with Crippen molar-refractivity contribution in [1.82, 2.24) is 10.2 Å². The van der Waals surface area contributed by atoms with E-state index in [4.69, 9.17) is 0 Å². The van der Waals surface area contributed by atoms with E-state index in [0.717, 1.165) is 12.2 Å². The van der Waals surface area contributed by atoms with Crippen LogP contribution in [0.1, 0.15) is 33.6 Å². The van der Waals surface area contributed by atoms with E-state index >= 15 is 0 Å². The Hall–Kier alpha value is -0.710. The summed E-state index contributed by atoms with van der Waals surface area (Å²) in [5, 5.41) is 2.93. The summed E-state index contributed by atoms with van der Waals surface area (Å²) < 4.78 is 0. The molecule has 2 atom stereocenters. The zero-order valence-electron chi connectivity index (χ0n) is 10.7. The lowest BCUT2D eigenvalue weighted by Gasteiger charge is -2.30. The summed E-state index contributed by atoms with van der Waals surface area (Å²) in [5.74, 6) is 1.30. The highest BCUT2D eigenvalue weighted by Gasteiger charge is 2.52. The minimum absolute atomic E-state index is 0.00479. The van der Waals surface area contributed by atoms with E-state index < -0.39 is 0 Å². The third-order valence-electron chi connectivity index (χ3n) is 3.43. The number of fused-ring (bicyclic) bond motifs is 1. The standard InChI is InChI=1S/C12H20N2O2S/c1-8(2)6-13-11(16)9-7-17-12(3)5-4-10(15)14(9)12/h8-9H,4-7H2,1-3H3,(H,13,16). The van der Waals surface area contributed by atoms with Gasteiger partial charge in [0.1, 0.15) is 6.04 Å². The van der Waals surface area contributed by atoms with Crippen LogP contribution in [0.2, 0.25) is 0 Å². The van der Waals surface area contributed by atoms with Crippen LogP contribution in [0.15, 0.2) is 0 Å². The number of hydrogen-bond donors (Lipinski definition) is 1. The van der Waals surface area contributed by atoms with Crippen LogP contribution < -0.4 is 5.32 Å². The van der Waals surface area contributed by atoms with Crippen molar-refractivity contribution in [2.45, 2.75) is 44.5 Å². The van der Waals surface area contributed by atoms with Gasteiger partial charge in [-0.2, -0.15) is 0 Å². The lowest BCUT2D eigenvalue weighted by molar-refractivity contribution is -0.138. The SMILES string of the molecule is CC(C)CNC(=O)C1CSC2(C)CCC(=O)N12. The number of carbonyl (C=O) groups excluding carboxylic acids is 2. The van der Waals surface area contributed by atoms with Gasteiger partial charge in [-0.1, -0.05) is 13.8 Å². The molecule has 0 aromatic carbocycles. The van der Waals surface area contributed by atoms with Crippen molar-refractivity contribution in [3.8, 4) is 0 Å². The lowest BCUT2D eigenvalue weighted by atomic mass is 10.2. The van der Waals surface area contributed by atoms with E-state index in [2.05, 4.69) is 26.1 Å². The summed E-state index contributed by atoms with van der Waals surface area (Å²) in [4.78, 5) is 25.6. The van der Waals surface area contributed by atoms with Crippen molar-refractivity contribution in [1.29, 1.82) is 0 Å². The van der Waals surface area contributed by atoms with Gasteiger partial charge >= 0.3 is 0 Å². The van der Waals surface area contributed by atoms with Crippen LogP contribution in [0.25, 0.3) is 0 Å². The molecule has 0 aliphatic carbocycles. The summed E-state index contributed by atoms with van der Waals surface area (Å²) >= 11 is 1.73. The highest BCUT2D eigenvalue weighted by atomic mass is 32.2. The molecule has 2 heterocycles. The zero-order valence-corrected chi connectivity index (χ0v) is 11.5. The number of amides is 2. The third kappa shape index (κ3) is 2.30. The Morgan fingerprint density at radius 3 is 3.00 bits per heavy atom. The van der Waals surface area contributed by atoms with Gasteiger partial charge in [-0.15, -0.1) is 11.8 Å². The van der Waals surface area contributed by atoms with Crippen molar-refractivity contribution in [3.63, 3.8) is 0 Å². The van der Waals surface area contributed by atoms with Gasteiger partial charge in [0, 0.05) is 18.7 Å². The van der Waals surface area contributed by atoms with Gasteiger partial charge in [0.25, 0.3) is 0 Å². The molecule has 2 rings (SSSR count). The molecule has 2 unspecified atom stereocenters. The molecule has 17 heavy (non-hydrogen) atoms. The third-order valence-corrected chi connectivity index (χ3v) is 4.94. The quantitative estimate of drug-likeness (QED) is 0.826. The van der Waals surface area contributed by atoms with E-state index in [1.54, 1.807) is 16.7 Å². The molecule has 2 aliphatic rings. The van der Waals surface area contributed by atoms with Crippen LogP contribution in [0.4, 0.5) is 0 Å². The number of carbonyl (C=O) groups is 2. The molecule has 0 aromatic rings. The Morgan fingerprint density at radius 1 is 1.65 bits per heavy atom. The van der Waals surface area contributed by atoms with Gasteiger partial charge in [-0.05, 0) is 19.3 Å². The monoisotopic (exact) mass is 256 g/mol. The summed E-state index contributed by atoms with van der Waals surface area (Å²) in [6, 6.07) is -0.265. The Bertz CT molecular complexity index is 345. The molecule has 0 bridgehead atoms. The van der Waals surface area contributed by atoms with Crippen molar-refractivity contribution < 1.29 is 9.59 Å². The minimum Gasteiger partial charge on any atom is -0.354 e. The van der Waals surface area contributed by atoms with E-state index in [1.165, 1.54) is 0 Å². The number of nitrogens with zero attached hydrogens (tertiary/aromatic N) is 1. The maximum absolute atomic E-state index is 12.1. The van der Waals surface area contributed by atoms with E-state index in [1.807, 2.05) is 0 Å². The first-order valence-corrected chi connectivity index (χ1v) is 7.16. The zero-order chi connectivity index (χ0) is 12.6. The maximum Gasteiger partial charge on any atom is 0.243 e. The van der Waals surface area contributed by atoms with Crippen LogP contribution in [0, 0.1) is 5.92 Å². The Labute approximate surface area is 106 Å². The fourth-order valence-electron chi connectivity index (χ4n) is 2.44. The number of hydrogen-bond acceptors (Lipinski definition) is 3. The van der Waals surface area contributed by atoms with E-state index in [9.17, 15) is 9.59 Å². The van der Waals surface area contributed by atoms with Crippen molar-refractivity contribution >= 4 is 23.6 Å². The van der Waals surface area contributed by atoms with Crippen LogP contribution in [0.3, 0.4) is 0 Å². The normalized spacial score (nSPS) is 32.1. The highest BCUT2D eigenvalue weighted by molar-refractivity contribution is 8.01.